The van der Waals surface area contributed by atoms with Gasteiger partial charge in [-0.1, -0.05) is 11.6 Å². The SMILES string of the molecule is c1cc(N2CCCCC2)ccc1-c1noc([C@@]23CCC[C@@H]2CNC3)n1. The van der Waals surface area contributed by atoms with E-state index in [0.717, 1.165) is 30.4 Å². The largest absolute Gasteiger partial charge is 0.372 e. The van der Waals surface area contributed by atoms with E-state index in [1.807, 2.05) is 0 Å². The summed E-state index contributed by atoms with van der Waals surface area (Å²) < 4.78 is 5.74. The maximum absolute atomic E-state index is 5.74. The molecule has 2 atom stereocenters. The van der Waals surface area contributed by atoms with Gasteiger partial charge in [0.25, 0.3) is 0 Å². The molecule has 0 unspecified atom stereocenters. The van der Waals surface area contributed by atoms with E-state index in [1.54, 1.807) is 0 Å². The van der Waals surface area contributed by atoms with Gasteiger partial charge in [0.1, 0.15) is 0 Å². The minimum Gasteiger partial charge on any atom is -0.372 e. The monoisotopic (exact) mass is 338 g/mol. The van der Waals surface area contributed by atoms with Crippen LogP contribution in [0.2, 0.25) is 0 Å². The fraction of sp³-hybridized carbons (Fsp3) is 0.600. The molecular weight excluding hydrogens is 312 g/mol. The lowest BCUT2D eigenvalue weighted by atomic mass is 9.80. The Hall–Kier alpha value is -1.88. The van der Waals surface area contributed by atoms with Crippen molar-refractivity contribution in [2.45, 2.75) is 43.9 Å². The zero-order valence-corrected chi connectivity index (χ0v) is 14.7. The van der Waals surface area contributed by atoms with Crippen LogP contribution in [0.15, 0.2) is 28.8 Å². The lowest BCUT2D eigenvalue weighted by molar-refractivity contribution is 0.265. The molecule has 5 nitrogen and oxygen atoms in total. The van der Waals surface area contributed by atoms with Crippen molar-refractivity contribution >= 4 is 5.69 Å². The second-order valence-electron chi connectivity index (χ2n) is 7.89. The normalized spacial score (nSPS) is 29.1. The van der Waals surface area contributed by atoms with Crippen LogP contribution in [0, 0.1) is 5.92 Å². The zero-order valence-electron chi connectivity index (χ0n) is 14.7. The van der Waals surface area contributed by atoms with E-state index in [2.05, 4.69) is 39.6 Å². The quantitative estimate of drug-likeness (QED) is 0.930. The minimum atomic E-state index is 0.0823. The molecule has 2 aromatic rings. The summed E-state index contributed by atoms with van der Waals surface area (Å²) in [4.78, 5) is 7.28. The molecule has 3 fully saturated rings. The summed E-state index contributed by atoms with van der Waals surface area (Å²) in [5, 5.41) is 7.82. The van der Waals surface area contributed by atoms with Crippen LogP contribution in [0.3, 0.4) is 0 Å². The van der Waals surface area contributed by atoms with Gasteiger partial charge >= 0.3 is 0 Å². The molecule has 2 aliphatic heterocycles. The van der Waals surface area contributed by atoms with Gasteiger partial charge in [-0.25, -0.2) is 0 Å². The van der Waals surface area contributed by atoms with Crippen molar-refractivity contribution in [2.24, 2.45) is 5.92 Å². The van der Waals surface area contributed by atoms with Crippen LogP contribution >= 0.6 is 0 Å². The summed E-state index contributed by atoms with van der Waals surface area (Å²) >= 11 is 0. The van der Waals surface area contributed by atoms with Gasteiger partial charge in [0.2, 0.25) is 11.7 Å². The predicted molar refractivity (Wildman–Crippen MR) is 97.7 cm³/mol. The fourth-order valence-corrected chi connectivity index (χ4v) is 5.02. The Kier molecular flexibility index (Phi) is 3.77. The van der Waals surface area contributed by atoms with Gasteiger partial charge < -0.3 is 14.7 Å². The van der Waals surface area contributed by atoms with Crippen molar-refractivity contribution in [1.29, 1.82) is 0 Å². The Bertz CT molecular complexity index is 722. The smallest absolute Gasteiger partial charge is 0.234 e. The third-order valence-electron chi connectivity index (χ3n) is 6.49. The third-order valence-corrected chi connectivity index (χ3v) is 6.49. The van der Waals surface area contributed by atoms with Crippen LogP contribution in [-0.4, -0.2) is 36.3 Å². The third kappa shape index (κ3) is 2.56. The first-order valence-electron chi connectivity index (χ1n) is 9.75. The van der Waals surface area contributed by atoms with Crippen molar-refractivity contribution in [3.8, 4) is 11.4 Å². The molecule has 0 bridgehead atoms. The van der Waals surface area contributed by atoms with Crippen LogP contribution < -0.4 is 10.2 Å². The van der Waals surface area contributed by atoms with Crippen molar-refractivity contribution in [3.05, 3.63) is 30.2 Å². The molecule has 1 aromatic heterocycles. The molecule has 1 aliphatic carbocycles. The first-order valence-corrected chi connectivity index (χ1v) is 9.75. The zero-order chi connectivity index (χ0) is 16.7. The Morgan fingerprint density at radius 2 is 1.92 bits per heavy atom. The highest BCUT2D eigenvalue weighted by Gasteiger charge is 2.51. The van der Waals surface area contributed by atoms with Crippen LogP contribution in [-0.2, 0) is 5.41 Å². The summed E-state index contributed by atoms with van der Waals surface area (Å²) in [5.74, 6) is 2.23. The summed E-state index contributed by atoms with van der Waals surface area (Å²) in [5.41, 5.74) is 2.44. The second-order valence-corrected chi connectivity index (χ2v) is 7.89. The molecule has 3 heterocycles. The molecule has 2 saturated heterocycles. The molecule has 1 N–H and O–H groups in total. The molecule has 1 saturated carbocycles. The molecule has 3 aliphatic rings. The lowest BCUT2D eigenvalue weighted by Crippen LogP contribution is -2.31. The highest BCUT2D eigenvalue weighted by Crippen LogP contribution is 2.47. The number of nitrogens with zero attached hydrogens (tertiary/aromatic N) is 3. The number of piperidine rings is 1. The van der Waals surface area contributed by atoms with Gasteiger partial charge in [0.05, 0.1) is 5.41 Å². The van der Waals surface area contributed by atoms with E-state index in [0.29, 0.717) is 5.92 Å². The van der Waals surface area contributed by atoms with E-state index in [1.165, 1.54) is 57.3 Å². The molecule has 0 radical (unpaired) electrons. The molecule has 132 valence electrons. The van der Waals surface area contributed by atoms with E-state index >= 15 is 0 Å². The number of aromatic nitrogens is 2. The molecule has 5 rings (SSSR count). The standard InChI is InChI=1S/C20H26N4O/c1-2-11-24(12-3-1)17-8-6-15(7-9-17)18-22-19(25-23-18)20-10-4-5-16(20)13-21-14-20/h6-9,16,21H,1-5,10-14H2/t16-,20-/m1/s1. The van der Waals surface area contributed by atoms with Crippen LogP contribution in [0.1, 0.15) is 44.4 Å². The summed E-state index contributed by atoms with van der Waals surface area (Å²) in [7, 11) is 0. The Balaban J connectivity index is 1.38. The van der Waals surface area contributed by atoms with E-state index < -0.39 is 0 Å². The number of hydrogen-bond donors (Lipinski definition) is 1. The number of nitrogens with one attached hydrogen (secondary N) is 1. The molecule has 5 heteroatoms. The van der Waals surface area contributed by atoms with Crippen molar-refractivity contribution in [3.63, 3.8) is 0 Å². The number of benzene rings is 1. The molecule has 0 spiro atoms. The molecular formula is C20H26N4O. The fourth-order valence-electron chi connectivity index (χ4n) is 5.02. The number of fused-ring (bicyclic) bond motifs is 1. The summed E-state index contributed by atoms with van der Waals surface area (Å²) in [6.45, 7) is 4.40. The topological polar surface area (TPSA) is 54.2 Å². The molecule has 1 aromatic carbocycles. The Morgan fingerprint density at radius 3 is 2.76 bits per heavy atom. The first kappa shape index (κ1) is 15.4. The van der Waals surface area contributed by atoms with Gasteiger partial charge in [0, 0.05) is 30.9 Å². The average molecular weight is 338 g/mol. The number of hydrogen-bond acceptors (Lipinski definition) is 5. The van der Waals surface area contributed by atoms with E-state index in [4.69, 9.17) is 9.51 Å². The highest BCUT2D eigenvalue weighted by atomic mass is 16.5. The maximum Gasteiger partial charge on any atom is 0.234 e. The maximum atomic E-state index is 5.74. The van der Waals surface area contributed by atoms with Crippen LogP contribution in [0.5, 0.6) is 0 Å². The van der Waals surface area contributed by atoms with Gasteiger partial charge in [-0.2, -0.15) is 4.98 Å². The van der Waals surface area contributed by atoms with E-state index in [-0.39, 0.29) is 5.41 Å². The lowest BCUT2D eigenvalue weighted by Gasteiger charge is -2.28. The molecule has 25 heavy (non-hydrogen) atoms. The van der Waals surface area contributed by atoms with Gasteiger partial charge in [-0.05, 0) is 68.8 Å². The van der Waals surface area contributed by atoms with Crippen molar-refractivity contribution in [2.75, 3.05) is 31.1 Å². The highest BCUT2D eigenvalue weighted by molar-refractivity contribution is 5.60. The predicted octanol–water partition coefficient (Wildman–Crippen LogP) is 3.37. The van der Waals surface area contributed by atoms with Gasteiger partial charge in [0.15, 0.2) is 0 Å². The van der Waals surface area contributed by atoms with Crippen molar-refractivity contribution < 1.29 is 4.52 Å². The van der Waals surface area contributed by atoms with Gasteiger partial charge in [-0.15, -0.1) is 0 Å². The first-order chi connectivity index (χ1) is 12.4. The molecule has 0 amide bonds. The average Bonchev–Trinajstić information content (AvgIpc) is 3.38. The van der Waals surface area contributed by atoms with Crippen LogP contribution in [0.4, 0.5) is 5.69 Å². The summed E-state index contributed by atoms with van der Waals surface area (Å²) in [6.07, 6.45) is 7.67. The summed E-state index contributed by atoms with van der Waals surface area (Å²) in [6, 6.07) is 8.67. The minimum absolute atomic E-state index is 0.0823. The van der Waals surface area contributed by atoms with Crippen molar-refractivity contribution in [1.82, 2.24) is 15.5 Å². The number of rotatable bonds is 3. The Morgan fingerprint density at radius 1 is 1.08 bits per heavy atom. The van der Waals surface area contributed by atoms with Crippen LogP contribution in [0.25, 0.3) is 11.4 Å². The van der Waals surface area contributed by atoms with E-state index in [9.17, 15) is 0 Å². The number of anilines is 1. The Labute approximate surface area is 148 Å². The second kappa shape index (κ2) is 6.13. The van der Waals surface area contributed by atoms with Gasteiger partial charge in [-0.3, -0.25) is 0 Å².